The van der Waals surface area contributed by atoms with E-state index in [1.807, 2.05) is 25.1 Å². The summed E-state index contributed by atoms with van der Waals surface area (Å²) in [4.78, 5) is 0. The van der Waals surface area contributed by atoms with E-state index in [4.69, 9.17) is 22.6 Å². The van der Waals surface area contributed by atoms with Gasteiger partial charge >= 0.3 is 0 Å². The van der Waals surface area contributed by atoms with Crippen LogP contribution in [0.3, 0.4) is 0 Å². The molecule has 76 valence electrons. The van der Waals surface area contributed by atoms with Crippen molar-refractivity contribution in [1.29, 1.82) is 5.26 Å². The predicted octanol–water partition coefficient (Wildman–Crippen LogP) is 2.98. The minimum Gasteiger partial charge on any atom is -0.323 e. The van der Waals surface area contributed by atoms with Crippen molar-refractivity contribution in [2.75, 3.05) is 0 Å². The van der Waals surface area contributed by atoms with Crippen LogP contribution in [0, 0.1) is 18.3 Å². The molecular weight excluding hydrogens is 219 g/mol. The second kappa shape index (κ2) is 5.87. The highest BCUT2D eigenvalue weighted by Crippen LogP contribution is 2.26. The fraction of sp³-hybridized carbons (Fsp3) is 0.300. The standard InChI is InChI=1S/C10H11ClN2.ClH/c1-7-3-2-4-8(11)10(7)9(13)5-6-12;/h2-4,9H,5,13H2,1H3;1H/t9-;/m0./s1. The van der Waals surface area contributed by atoms with E-state index in [0.29, 0.717) is 11.4 Å². The van der Waals surface area contributed by atoms with E-state index in [1.54, 1.807) is 6.07 Å². The van der Waals surface area contributed by atoms with Crippen LogP contribution in [0.1, 0.15) is 23.6 Å². The van der Waals surface area contributed by atoms with E-state index in [2.05, 4.69) is 0 Å². The van der Waals surface area contributed by atoms with Gasteiger partial charge in [-0.1, -0.05) is 23.7 Å². The van der Waals surface area contributed by atoms with E-state index in [9.17, 15) is 0 Å². The van der Waals surface area contributed by atoms with Gasteiger partial charge in [-0.3, -0.25) is 0 Å². The van der Waals surface area contributed by atoms with Crippen molar-refractivity contribution in [3.05, 3.63) is 34.3 Å². The number of nitriles is 1. The molecule has 4 heteroatoms. The number of nitrogens with two attached hydrogens (primary N) is 1. The first-order chi connectivity index (χ1) is 6.16. The fourth-order valence-electron chi connectivity index (χ4n) is 1.31. The van der Waals surface area contributed by atoms with Gasteiger partial charge in [-0.25, -0.2) is 0 Å². The van der Waals surface area contributed by atoms with Crippen LogP contribution < -0.4 is 5.73 Å². The van der Waals surface area contributed by atoms with Crippen molar-refractivity contribution in [3.8, 4) is 6.07 Å². The Balaban J connectivity index is 0.00000169. The van der Waals surface area contributed by atoms with Crippen molar-refractivity contribution in [3.63, 3.8) is 0 Å². The Hall–Kier alpha value is -0.750. The molecular formula is C10H12Cl2N2. The topological polar surface area (TPSA) is 49.8 Å². The molecule has 0 amide bonds. The summed E-state index contributed by atoms with van der Waals surface area (Å²) in [6.45, 7) is 1.94. The molecule has 0 aliphatic rings. The molecule has 0 bridgehead atoms. The van der Waals surface area contributed by atoms with E-state index < -0.39 is 0 Å². The second-order valence-electron chi connectivity index (χ2n) is 2.94. The third-order valence-corrected chi connectivity index (χ3v) is 2.28. The summed E-state index contributed by atoms with van der Waals surface area (Å²) in [5.41, 5.74) is 7.72. The number of halogens is 2. The van der Waals surface area contributed by atoms with Gasteiger partial charge in [0.05, 0.1) is 12.5 Å². The first-order valence-corrected chi connectivity index (χ1v) is 4.42. The molecule has 0 saturated carbocycles. The van der Waals surface area contributed by atoms with E-state index in [0.717, 1.165) is 11.1 Å². The molecule has 0 aliphatic carbocycles. The quantitative estimate of drug-likeness (QED) is 0.850. The maximum Gasteiger partial charge on any atom is 0.0641 e. The van der Waals surface area contributed by atoms with Crippen LogP contribution in [0.25, 0.3) is 0 Å². The highest BCUT2D eigenvalue weighted by atomic mass is 35.5. The molecule has 0 aromatic heterocycles. The summed E-state index contributed by atoms with van der Waals surface area (Å²) in [5, 5.41) is 9.15. The van der Waals surface area contributed by atoms with Crippen LogP contribution in [0.2, 0.25) is 5.02 Å². The summed E-state index contributed by atoms with van der Waals surface area (Å²) in [6, 6.07) is 7.37. The van der Waals surface area contributed by atoms with Gasteiger partial charge < -0.3 is 5.73 Å². The number of nitrogens with zero attached hydrogens (tertiary/aromatic N) is 1. The summed E-state index contributed by atoms with van der Waals surface area (Å²) >= 11 is 5.97. The average Bonchev–Trinajstić information content (AvgIpc) is 2.04. The third kappa shape index (κ3) is 2.88. The molecule has 1 aromatic carbocycles. The highest BCUT2D eigenvalue weighted by Gasteiger charge is 2.11. The van der Waals surface area contributed by atoms with Crippen molar-refractivity contribution in [2.24, 2.45) is 5.73 Å². The average molecular weight is 231 g/mol. The maximum absolute atomic E-state index is 8.51. The van der Waals surface area contributed by atoms with Gasteiger partial charge in [0.25, 0.3) is 0 Å². The summed E-state index contributed by atoms with van der Waals surface area (Å²) in [6.07, 6.45) is 0.296. The van der Waals surface area contributed by atoms with Gasteiger partial charge in [0.15, 0.2) is 0 Å². The lowest BCUT2D eigenvalue weighted by atomic mass is 10.00. The van der Waals surface area contributed by atoms with Gasteiger partial charge in [0.2, 0.25) is 0 Å². The molecule has 0 saturated heterocycles. The van der Waals surface area contributed by atoms with Crippen LogP contribution in [0.5, 0.6) is 0 Å². The van der Waals surface area contributed by atoms with Gasteiger partial charge in [-0.2, -0.15) is 5.26 Å². The van der Waals surface area contributed by atoms with Gasteiger partial charge in [-0.05, 0) is 24.1 Å². The highest BCUT2D eigenvalue weighted by molar-refractivity contribution is 6.31. The van der Waals surface area contributed by atoms with Crippen molar-refractivity contribution < 1.29 is 0 Å². The zero-order valence-electron chi connectivity index (χ0n) is 7.83. The van der Waals surface area contributed by atoms with Crippen LogP contribution in [-0.4, -0.2) is 0 Å². The SMILES string of the molecule is Cc1cccc(Cl)c1[C@@H](N)CC#N.Cl. The van der Waals surface area contributed by atoms with Crippen molar-refractivity contribution in [1.82, 2.24) is 0 Å². The molecule has 14 heavy (non-hydrogen) atoms. The Labute approximate surface area is 95.1 Å². The summed E-state index contributed by atoms with van der Waals surface area (Å²) in [7, 11) is 0. The Morgan fingerprint density at radius 1 is 1.57 bits per heavy atom. The molecule has 1 atom stereocenters. The lowest BCUT2D eigenvalue weighted by molar-refractivity contribution is 0.743. The maximum atomic E-state index is 8.51. The molecule has 1 aromatic rings. The van der Waals surface area contributed by atoms with Crippen LogP contribution in [0.4, 0.5) is 0 Å². The number of benzene rings is 1. The Bertz CT molecular complexity index is 324. The lowest BCUT2D eigenvalue weighted by Gasteiger charge is -2.12. The molecule has 0 spiro atoms. The lowest BCUT2D eigenvalue weighted by Crippen LogP contribution is -2.11. The van der Waals surface area contributed by atoms with Gasteiger partial charge in [0, 0.05) is 11.1 Å². The predicted molar refractivity (Wildman–Crippen MR) is 60.6 cm³/mol. The van der Waals surface area contributed by atoms with Gasteiger partial charge in [-0.15, -0.1) is 12.4 Å². The summed E-state index contributed by atoms with van der Waals surface area (Å²) < 4.78 is 0. The Morgan fingerprint density at radius 2 is 2.21 bits per heavy atom. The van der Waals surface area contributed by atoms with E-state index in [-0.39, 0.29) is 18.4 Å². The normalized spacial score (nSPS) is 11.3. The molecule has 0 fully saturated rings. The third-order valence-electron chi connectivity index (χ3n) is 1.95. The molecule has 1 rings (SSSR count). The Kier molecular flexibility index (Phi) is 5.56. The van der Waals surface area contributed by atoms with Crippen molar-refractivity contribution in [2.45, 2.75) is 19.4 Å². The largest absolute Gasteiger partial charge is 0.323 e. The van der Waals surface area contributed by atoms with Gasteiger partial charge in [0.1, 0.15) is 0 Å². The first kappa shape index (κ1) is 13.2. The second-order valence-corrected chi connectivity index (χ2v) is 3.35. The van der Waals surface area contributed by atoms with Crippen LogP contribution in [-0.2, 0) is 0 Å². The zero-order valence-corrected chi connectivity index (χ0v) is 9.40. The number of hydrogen-bond acceptors (Lipinski definition) is 2. The number of hydrogen-bond donors (Lipinski definition) is 1. The van der Waals surface area contributed by atoms with Crippen LogP contribution in [0.15, 0.2) is 18.2 Å². The molecule has 2 nitrogen and oxygen atoms in total. The van der Waals surface area contributed by atoms with Crippen LogP contribution >= 0.6 is 24.0 Å². The number of aryl methyl sites for hydroxylation is 1. The first-order valence-electron chi connectivity index (χ1n) is 4.04. The fourth-order valence-corrected chi connectivity index (χ4v) is 1.68. The molecule has 0 radical (unpaired) electrons. The number of rotatable bonds is 2. The Morgan fingerprint density at radius 3 is 2.71 bits per heavy atom. The molecule has 0 unspecified atom stereocenters. The van der Waals surface area contributed by atoms with E-state index in [1.165, 1.54) is 0 Å². The molecule has 2 N–H and O–H groups in total. The zero-order chi connectivity index (χ0) is 9.84. The minimum atomic E-state index is -0.279. The van der Waals surface area contributed by atoms with Crippen molar-refractivity contribution >= 4 is 24.0 Å². The monoisotopic (exact) mass is 230 g/mol. The minimum absolute atomic E-state index is 0. The van der Waals surface area contributed by atoms with E-state index >= 15 is 0 Å². The smallest absolute Gasteiger partial charge is 0.0641 e. The summed E-state index contributed by atoms with van der Waals surface area (Å²) in [5.74, 6) is 0. The molecule has 0 heterocycles. The molecule has 0 aliphatic heterocycles.